The summed E-state index contributed by atoms with van der Waals surface area (Å²) in [5.41, 5.74) is 9.42. The number of ether oxygens (including phenoxy) is 1. The molecule has 0 fully saturated rings. The van der Waals surface area contributed by atoms with Gasteiger partial charge in [-0.25, -0.2) is 0 Å². The number of methoxy groups -OCH3 is 1. The van der Waals surface area contributed by atoms with Gasteiger partial charge in [-0.15, -0.1) is 0 Å². The van der Waals surface area contributed by atoms with E-state index >= 15 is 0 Å². The maximum Gasteiger partial charge on any atom is 0.143 e. The maximum absolute atomic E-state index is 9.10. The molecule has 0 aliphatic heterocycles. The Morgan fingerprint density at radius 2 is 1.89 bits per heavy atom. The molecule has 19 heavy (non-hydrogen) atoms. The van der Waals surface area contributed by atoms with Gasteiger partial charge < -0.3 is 20.9 Å². The number of nitrogen functional groups attached to an aromatic ring is 1. The molecule has 0 amide bonds. The van der Waals surface area contributed by atoms with Gasteiger partial charge in [-0.05, 0) is 23.3 Å². The zero-order valence-electron chi connectivity index (χ0n) is 10.9. The van der Waals surface area contributed by atoms with Crippen molar-refractivity contribution in [3.63, 3.8) is 0 Å². The topological polar surface area (TPSA) is 67.5 Å². The number of para-hydroxylation sites is 1. The first-order valence-corrected chi connectivity index (χ1v) is 6.09. The van der Waals surface area contributed by atoms with E-state index in [1.807, 2.05) is 42.5 Å². The third kappa shape index (κ3) is 3.17. The minimum atomic E-state index is 0.0507. The van der Waals surface area contributed by atoms with Crippen LogP contribution in [0.2, 0.25) is 0 Å². The Kier molecular flexibility index (Phi) is 4.26. The van der Waals surface area contributed by atoms with Gasteiger partial charge in [0.1, 0.15) is 5.75 Å². The van der Waals surface area contributed by atoms with Crippen LogP contribution in [0.15, 0.2) is 42.5 Å². The smallest absolute Gasteiger partial charge is 0.143 e. The van der Waals surface area contributed by atoms with Crippen molar-refractivity contribution in [3.05, 3.63) is 53.6 Å². The molecule has 0 spiro atoms. The molecule has 2 aromatic carbocycles. The molecule has 0 unspecified atom stereocenters. The number of anilines is 2. The van der Waals surface area contributed by atoms with Gasteiger partial charge in [-0.2, -0.15) is 0 Å². The third-order valence-corrected chi connectivity index (χ3v) is 2.94. The fourth-order valence-electron chi connectivity index (χ4n) is 1.91. The molecule has 0 atom stereocenters. The van der Waals surface area contributed by atoms with Crippen molar-refractivity contribution in [1.82, 2.24) is 0 Å². The molecule has 0 aromatic heterocycles. The molecule has 2 rings (SSSR count). The zero-order valence-corrected chi connectivity index (χ0v) is 10.9. The van der Waals surface area contributed by atoms with Crippen molar-refractivity contribution in [2.24, 2.45) is 0 Å². The summed E-state index contributed by atoms with van der Waals surface area (Å²) in [6, 6.07) is 13.4. The van der Waals surface area contributed by atoms with Crippen LogP contribution < -0.4 is 15.8 Å². The Morgan fingerprint density at radius 3 is 2.63 bits per heavy atom. The van der Waals surface area contributed by atoms with Crippen molar-refractivity contribution in [2.45, 2.75) is 13.2 Å². The summed E-state index contributed by atoms with van der Waals surface area (Å²) >= 11 is 0. The lowest BCUT2D eigenvalue weighted by Crippen LogP contribution is -2.04. The highest BCUT2D eigenvalue weighted by atomic mass is 16.5. The summed E-state index contributed by atoms with van der Waals surface area (Å²) in [6.45, 7) is 0.695. The Hall–Kier alpha value is -2.20. The highest BCUT2D eigenvalue weighted by Crippen LogP contribution is 2.29. The molecule has 100 valence electrons. The lowest BCUT2D eigenvalue weighted by Gasteiger charge is -2.12. The van der Waals surface area contributed by atoms with E-state index in [0.29, 0.717) is 18.0 Å². The van der Waals surface area contributed by atoms with Gasteiger partial charge >= 0.3 is 0 Å². The molecule has 0 aliphatic rings. The predicted octanol–water partition coefficient (Wildman–Crippen LogP) is 2.38. The minimum absolute atomic E-state index is 0.0507. The second-order valence-electron chi connectivity index (χ2n) is 4.25. The Bertz CT molecular complexity index is 556. The van der Waals surface area contributed by atoms with Crippen LogP contribution in [-0.4, -0.2) is 12.2 Å². The molecular weight excluding hydrogens is 240 g/mol. The number of nitrogens with two attached hydrogens (primary N) is 1. The average molecular weight is 258 g/mol. The lowest BCUT2D eigenvalue weighted by molar-refractivity contribution is 0.281. The number of benzene rings is 2. The highest BCUT2D eigenvalue weighted by molar-refractivity contribution is 5.72. The number of nitrogens with one attached hydrogen (secondary N) is 1. The molecule has 0 saturated carbocycles. The van der Waals surface area contributed by atoms with Crippen LogP contribution in [0.4, 0.5) is 11.4 Å². The number of rotatable bonds is 5. The second kappa shape index (κ2) is 6.11. The number of hydrogen-bond donors (Lipinski definition) is 3. The lowest BCUT2D eigenvalue weighted by atomic mass is 10.1. The molecule has 4 heteroatoms. The van der Waals surface area contributed by atoms with E-state index in [4.69, 9.17) is 15.6 Å². The number of hydrogen-bond acceptors (Lipinski definition) is 4. The van der Waals surface area contributed by atoms with Crippen molar-refractivity contribution in [3.8, 4) is 5.75 Å². The number of aliphatic hydroxyl groups is 1. The summed E-state index contributed by atoms with van der Waals surface area (Å²) < 4.78 is 5.18. The molecule has 2 aromatic rings. The van der Waals surface area contributed by atoms with Gasteiger partial charge in [0.25, 0.3) is 0 Å². The maximum atomic E-state index is 9.10. The molecule has 0 aliphatic carbocycles. The summed E-state index contributed by atoms with van der Waals surface area (Å²) in [7, 11) is 1.60. The summed E-state index contributed by atoms with van der Waals surface area (Å²) in [4.78, 5) is 0. The standard InChI is InChI=1S/C15H18N2O2/c1-19-14-7-3-6-13(15(14)16)17-9-11-4-2-5-12(8-11)10-18/h2-8,17-18H,9-10,16H2,1H3. The largest absolute Gasteiger partial charge is 0.495 e. The number of aliphatic hydroxyl groups excluding tert-OH is 1. The predicted molar refractivity (Wildman–Crippen MR) is 77.1 cm³/mol. The van der Waals surface area contributed by atoms with Crippen molar-refractivity contribution in [2.75, 3.05) is 18.2 Å². The van der Waals surface area contributed by atoms with Crippen LogP contribution in [0.1, 0.15) is 11.1 Å². The first-order valence-electron chi connectivity index (χ1n) is 6.09. The monoisotopic (exact) mass is 258 g/mol. The summed E-state index contributed by atoms with van der Waals surface area (Å²) in [5, 5.41) is 12.4. The van der Waals surface area contributed by atoms with Gasteiger partial charge in [0.05, 0.1) is 25.1 Å². The van der Waals surface area contributed by atoms with E-state index in [1.165, 1.54) is 0 Å². The van der Waals surface area contributed by atoms with Crippen LogP contribution in [0.3, 0.4) is 0 Å². The van der Waals surface area contributed by atoms with Crippen molar-refractivity contribution >= 4 is 11.4 Å². The van der Waals surface area contributed by atoms with E-state index in [0.717, 1.165) is 16.8 Å². The Morgan fingerprint density at radius 1 is 1.16 bits per heavy atom. The van der Waals surface area contributed by atoms with Crippen molar-refractivity contribution in [1.29, 1.82) is 0 Å². The van der Waals surface area contributed by atoms with Gasteiger partial charge in [0.2, 0.25) is 0 Å². The van der Waals surface area contributed by atoms with E-state index in [9.17, 15) is 0 Å². The molecule has 4 nitrogen and oxygen atoms in total. The van der Waals surface area contributed by atoms with Gasteiger partial charge in [0, 0.05) is 6.54 Å². The summed E-state index contributed by atoms with van der Waals surface area (Å²) in [5.74, 6) is 0.661. The third-order valence-electron chi connectivity index (χ3n) is 2.94. The van der Waals surface area contributed by atoms with Crippen LogP contribution in [-0.2, 0) is 13.2 Å². The molecule has 4 N–H and O–H groups in total. The van der Waals surface area contributed by atoms with E-state index in [1.54, 1.807) is 7.11 Å². The zero-order chi connectivity index (χ0) is 13.7. The Balaban J connectivity index is 2.10. The Labute approximate surface area is 112 Å². The summed E-state index contributed by atoms with van der Waals surface area (Å²) in [6.07, 6.45) is 0. The van der Waals surface area contributed by atoms with Crippen LogP contribution in [0, 0.1) is 0 Å². The van der Waals surface area contributed by atoms with Gasteiger partial charge in [-0.3, -0.25) is 0 Å². The quantitative estimate of drug-likeness (QED) is 0.720. The first kappa shape index (κ1) is 13.2. The average Bonchev–Trinajstić information content (AvgIpc) is 2.46. The first-order chi connectivity index (χ1) is 9.24. The molecule has 0 saturated heterocycles. The van der Waals surface area contributed by atoms with Gasteiger partial charge in [0.15, 0.2) is 0 Å². The highest BCUT2D eigenvalue weighted by Gasteiger charge is 2.04. The van der Waals surface area contributed by atoms with E-state index < -0.39 is 0 Å². The molecule has 0 heterocycles. The van der Waals surface area contributed by atoms with Gasteiger partial charge in [-0.1, -0.05) is 30.3 Å². The van der Waals surface area contributed by atoms with Crippen LogP contribution in [0.5, 0.6) is 5.75 Å². The second-order valence-corrected chi connectivity index (χ2v) is 4.25. The van der Waals surface area contributed by atoms with E-state index in [2.05, 4.69) is 5.32 Å². The van der Waals surface area contributed by atoms with Crippen LogP contribution in [0.25, 0.3) is 0 Å². The molecule has 0 radical (unpaired) electrons. The normalized spacial score (nSPS) is 10.2. The fourth-order valence-corrected chi connectivity index (χ4v) is 1.91. The SMILES string of the molecule is COc1cccc(NCc2cccc(CO)c2)c1N. The molecule has 0 bridgehead atoms. The molecular formula is C15H18N2O2. The van der Waals surface area contributed by atoms with Crippen molar-refractivity contribution < 1.29 is 9.84 Å². The fraction of sp³-hybridized carbons (Fsp3) is 0.200. The van der Waals surface area contributed by atoms with Crippen LogP contribution >= 0.6 is 0 Å². The van der Waals surface area contributed by atoms with E-state index in [-0.39, 0.29) is 6.61 Å². The minimum Gasteiger partial charge on any atom is -0.495 e.